The van der Waals surface area contributed by atoms with Gasteiger partial charge >= 0.3 is 0 Å². The third kappa shape index (κ3) is 4.78. The summed E-state index contributed by atoms with van der Waals surface area (Å²) >= 11 is 0. The van der Waals surface area contributed by atoms with E-state index in [0.717, 1.165) is 22.3 Å². The standard InChI is InChI=1S/C32H24O3S/c33-36(34,35)32(27-20-11-4-12-21-27)31(26-18-9-3-10-19-26)29-23-13-22-28(24-14-5-1-6-15-24)30(29)25-16-7-2-8-17-25/h1-23H,(H,33,34,35). The molecule has 0 saturated heterocycles. The van der Waals surface area contributed by atoms with Crippen LogP contribution < -0.4 is 0 Å². The van der Waals surface area contributed by atoms with Crippen molar-refractivity contribution in [3.8, 4) is 22.3 Å². The van der Waals surface area contributed by atoms with Crippen LogP contribution in [-0.4, -0.2) is 13.0 Å². The Labute approximate surface area is 211 Å². The summed E-state index contributed by atoms with van der Waals surface area (Å²) in [6.45, 7) is 0. The molecule has 0 saturated carbocycles. The first-order valence-corrected chi connectivity index (χ1v) is 13.0. The van der Waals surface area contributed by atoms with Crippen LogP contribution in [0.1, 0.15) is 16.7 Å². The maximum Gasteiger partial charge on any atom is 0.295 e. The van der Waals surface area contributed by atoms with Crippen LogP contribution in [0, 0.1) is 0 Å². The van der Waals surface area contributed by atoms with Gasteiger partial charge in [-0.15, -0.1) is 0 Å². The Bertz CT molecular complexity index is 1610. The molecule has 0 heterocycles. The van der Waals surface area contributed by atoms with Crippen LogP contribution in [0.15, 0.2) is 140 Å². The first kappa shape index (κ1) is 23.5. The lowest BCUT2D eigenvalue weighted by molar-refractivity contribution is 0.496. The summed E-state index contributed by atoms with van der Waals surface area (Å²) in [6, 6.07) is 43.9. The third-order valence-corrected chi connectivity index (χ3v) is 7.02. The highest BCUT2D eigenvalue weighted by atomic mass is 32.2. The van der Waals surface area contributed by atoms with E-state index in [1.54, 1.807) is 24.3 Å². The van der Waals surface area contributed by atoms with E-state index in [1.807, 2.05) is 115 Å². The quantitative estimate of drug-likeness (QED) is 0.196. The van der Waals surface area contributed by atoms with Gasteiger partial charge in [0, 0.05) is 5.57 Å². The summed E-state index contributed by atoms with van der Waals surface area (Å²) in [6.07, 6.45) is 0. The van der Waals surface area contributed by atoms with Gasteiger partial charge in [-0.25, -0.2) is 0 Å². The highest BCUT2D eigenvalue weighted by molar-refractivity contribution is 7.95. The molecule has 5 rings (SSSR count). The zero-order valence-electron chi connectivity index (χ0n) is 19.5. The van der Waals surface area contributed by atoms with Crippen molar-refractivity contribution in [3.63, 3.8) is 0 Å². The van der Waals surface area contributed by atoms with Crippen molar-refractivity contribution in [2.45, 2.75) is 0 Å². The summed E-state index contributed by atoms with van der Waals surface area (Å²) in [5, 5.41) is 0. The van der Waals surface area contributed by atoms with Crippen LogP contribution in [0.5, 0.6) is 0 Å². The van der Waals surface area contributed by atoms with Crippen molar-refractivity contribution in [2.24, 2.45) is 0 Å². The van der Waals surface area contributed by atoms with Crippen LogP contribution in [0.25, 0.3) is 32.7 Å². The van der Waals surface area contributed by atoms with Crippen LogP contribution in [0.4, 0.5) is 0 Å². The molecule has 4 heteroatoms. The zero-order chi connectivity index (χ0) is 25.0. The predicted molar refractivity (Wildman–Crippen MR) is 148 cm³/mol. The smallest absolute Gasteiger partial charge is 0.282 e. The molecule has 0 unspecified atom stereocenters. The lowest BCUT2D eigenvalue weighted by atomic mass is 9.84. The molecule has 5 aromatic carbocycles. The Kier molecular flexibility index (Phi) is 6.63. The van der Waals surface area contributed by atoms with Crippen molar-refractivity contribution in [1.82, 2.24) is 0 Å². The van der Waals surface area contributed by atoms with E-state index in [1.165, 1.54) is 0 Å². The Balaban J connectivity index is 1.97. The van der Waals surface area contributed by atoms with E-state index in [2.05, 4.69) is 0 Å². The van der Waals surface area contributed by atoms with Gasteiger partial charge < -0.3 is 0 Å². The summed E-state index contributed by atoms with van der Waals surface area (Å²) in [5.41, 5.74) is 6.09. The van der Waals surface area contributed by atoms with E-state index in [0.29, 0.717) is 22.3 Å². The number of hydrogen-bond acceptors (Lipinski definition) is 2. The molecule has 5 aromatic rings. The highest BCUT2D eigenvalue weighted by Gasteiger charge is 2.26. The second kappa shape index (κ2) is 10.2. The van der Waals surface area contributed by atoms with Gasteiger partial charge in [-0.2, -0.15) is 8.42 Å². The average Bonchev–Trinajstić information content (AvgIpc) is 2.92. The van der Waals surface area contributed by atoms with Crippen molar-refractivity contribution < 1.29 is 13.0 Å². The fourth-order valence-corrected chi connectivity index (χ4v) is 5.48. The molecule has 1 N–H and O–H groups in total. The minimum absolute atomic E-state index is 0.128. The molecule has 0 spiro atoms. The van der Waals surface area contributed by atoms with Crippen molar-refractivity contribution >= 4 is 20.6 Å². The molecule has 0 aromatic heterocycles. The van der Waals surface area contributed by atoms with Gasteiger partial charge in [-0.05, 0) is 38.9 Å². The highest BCUT2D eigenvalue weighted by Crippen LogP contribution is 2.43. The Morgan fingerprint density at radius 3 is 1.50 bits per heavy atom. The van der Waals surface area contributed by atoms with E-state index < -0.39 is 10.1 Å². The Morgan fingerprint density at radius 2 is 0.972 bits per heavy atom. The number of rotatable bonds is 6. The topological polar surface area (TPSA) is 54.4 Å². The van der Waals surface area contributed by atoms with Gasteiger partial charge in [0.1, 0.15) is 4.91 Å². The van der Waals surface area contributed by atoms with Crippen LogP contribution in [0.2, 0.25) is 0 Å². The Hall–Kier alpha value is -4.25. The zero-order valence-corrected chi connectivity index (χ0v) is 20.3. The predicted octanol–water partition coefficient (Wildman–Crippen LogP) is 7.83. The van der Waals surface area contributed by atoms with E-state index in [9.17, 15) is 13.0 Å². The first-order valence-electron chi connectivity index (χ1n) is 11.6. The van der Waals surface area contributed by atoms with Crippen molar-refractivity contribution in [3.05, 3.63) is 156 Å². The molecule has 176 valence electrons. The van der Waals surface area contributed by atoms with Gasteiger partial charge in [-0.3, -0.25) is 4.55 Å². The maximum atomic E-state index is 13.0. The molecular formula is C32H24O3S. The maximum absolute atomic E-state index is 13.0. The Morgan fingerprint density at radius 1 is 0.500 bits per heavy atom. The molecule has 0 amide bonds. The largest absolute Gasteiger partial charge is 0.295 e. The average molecular weight is 489 g/mol. The summed E-state index contributed by atoms with van der Waals surface area (Å²) in [4.78, 5) is -0.128. The van der Waals surface area contributed by atoms with Crippen LogP contribution in [0.3, 0.4) is 0 Å². The van der Waals surface area contributed by atoms with Crippen molar-refractivity contribution in [2.75, 3.05) is 0 Å². The molecule has 0 aliphatic carbocycles. The number of benzene rings is 5. The van der Waals surface area contributed by atoms with Crippen LogP contribution in [-0.2, 0) is 10.1 Å². The fourth-order valence-electron chi connectivity index (χ4n) is 4.56. The summed E-state index contributed by atoms with van der Waals surface area (Å²) in [5.74, 6) is 0. The molecule has 0 atom stereocenters. The van der Waals surface area contributed by atoms with Gasteiger partial charge in [0.25, 0.3) is 10.1 Å². The molecule has 0 bridgehead atoms. The van der Waals surface area contributed by atoms with E-state index in [-0.39, 0.29) is 4.91 Å². The number of hydrogen-bond donors (Lipinski definition) is 1. The second-order valence-electron chi connectivity index (χ2n) is 8.37. The molecule has 0 aliphatic heterocycles. The van der Waals surface area contributed by atoms with E-state index in [4.69, 9.17) is 0 Å². The summed E-state index contributed by atoms with van der Waals surface area (Å²) < 4.78 is 36.6. The molecule has 0 radical (unpaired) electrons. The first-order chi connectivity index (χ1) is 17.5. The van der Waals surface area contributed by atoms with Gasteiger partial charge in [-0.1, -0.05) is 140 Å². The van der Waals surface area contributed by atoms with Gasteiger partial charge in [0.15, 0.2) is 0 Å². The molecule has 36 heavy (non-hydrogen) atoms. The van der Waals surface area contributed by atoms with Gasteiger partial charge in [0.2, 0.25) is 0 Å². The normalized spacial score (nSPS) is 12.1. The molecule has 0 aliphatic rings. The molecule has 3 nitrogen and oxygen atoms in total. The molecular weight excluding hydrogens is 464 g/mol. The van der Waals surface area contributed by atoms with Gasteiger partial charge in [0.05, 0.1) is 0 Å². The van der Waals surface area contributed by atoms with Crippen molar-refractivity contribution in [1.29, 1.82) is 0 Å². The van der Waals surface area contributed by atoms with Crippen LogP contribution >= 0.6 is 0 Å². The minimum atomic E-state index is -4.61. The third-order valence-electron chi connectivity index (χ3n) is 6.06. The monoisotopic (exact) mass is 488 g/mol. The SMILES string of the molecule is O=S(=O)(O)C(=C(c1ccccc1)c1cccc(-c2ccccc2)c1-c1ccccc1)c1ccccc1. The van der Waals surface area contributed by atoms with E-state index >= 15 is 0 Å². The lowest BCUT2D eigenvalue weighted by Gasteiger charge is -2.21. The summed E-state index contributed by atoms with van der Waals surface area (Å²) in [7, 11) is -4.61. The minimum Gasteiger partial charge on any atom is -0.282 e. The fraction of sp³-hybridized carbons (Fsp3) is 0. The second-order valence-corrected chi connectivity index (χ2v) is 9.73. The molecule has 0 fully saturated rings. The lowest BCUT2D eigenvalue weighted by Crippen LogP contribution is -2.07.